The lowest BCUT2D eigenvalue weighted by atomic mass is 10.1. The van der Waals surface area contributed by atoms with Crippen LogP contribution in [0.5, 0.6) is 11.5 Å². The topological polar surface area (TPSA) is 55.8 Å². The van der Waals surface area contributed by atoms with Crippen LogP contribution in [0.1, 0.15) is 25.3 Å². The zero-order valence-electron chi connectivity index (χ0n) is 18.0. The van der Waals surface area contributed by atoms with Crippen LogP contribution in [0.15, 0.2) is 71.6 Å². The van der Waals surface area contributed by atoms with E-state index in [4.69, 9.17) is 9.47 Å². The Hall–Kier alpha value is -3.25. The van der Waals surface area contributed by atoms with Crippen LogP contribution in [0.4, 0.5) is 4.79 Å². The zero-order chi connectivity index (χ0) is 22.3. The van der Waals surface area contributed by atoms with Gasteiger partial charge in [-0.1, -0.05) is 61.9 Å². The minimum atomic E-state index is -0.287. The monoisotopic (exact) mass is 447 g/mol. The van der Waals surface area contributed by atoms with Gasteiger partial charge in [0.25, 0.3) is 11.1 Å². The van der Waals surface area contributed by atoms with Crippen molar-refractivity contribution >= 4 is 39.8 Å². The Morgan fingerprint density at radius 1 is 0.906 bits per heavy atom. The summed E-state index contributed by atoms with van der Waals surface area (Å²) >= 11 is 0.958. The number of hydrogen-bond donors (Lipinski definition) is 0. The van der Waals surface area contributed by atoms with Crippen LogP contribution in [-0.4, -0.2) is 35.8 Å². The lowest BCUT2D eigenvalue weighted by molar-refractivity contribution is -0.123. The van der Waals surface area contributed by atoms with E-state index in [1.165, 1.54) is 4.90 Å². The van der Waals surface area contributed by atoms with Gasteiger partial charge >= 0.3 is 0 Å². The molecule has 0 saturated carbocycles. The van der Waals surface area contributed by atoms with Crippen LogP contribution in [-0.2, 0) is 4.79 Å². The molecule has 3 aromatic rings. The van der Waals surface area contributed by atoms with Crippen LogP contribution in [0.25, 0.3) is 16.8 Å². The van der Waals surface area contributed by atoms with Gasteiger partial charge in [-0.3, -0.25) is 14.5 Å². The highest BCUT2D eigenvalue weighted by Crippen LogP contribution is 2.32. The average molecular weight is 448 g/mol. The normalized spacial score (nSPS) is 15.0. The Balaban J connectivity index is 1.36. The second-order valence-corrected chi connectivity index (χ2v) is 8.42. The SMILES string of the molecule is CCCCOc1ccc(/C=C2\SC(=O)N(CCOc3cccc4ccccc34)C2=O)cc1. The molecule has 3 aromatic carbocycles. The van der Waals surface area contributed by atoms with Crippen LogP contribution in [0.3, 0.4) is 0 Å². The van der Waals surface area contributed by atoms with Crippen molar-refractivity contribution in [2.75, 3.05) is 19.8 Å². The molecule has 0 spiro atoms. The Kier molecular flexibility index (Phi) is 7.12. The molecule has 1 aliphatic heterocycles. The van der Waals surface area contributed by atoms with E-state index in [1.807, 2.05) is 66.7 Å². The van der Waals surface area contributed by atoms with Crippen molar-refractivity contribution < 1.29 is 19.1 Å². The van der Waals surface area contributed by atoms with Gasteiger partial charge in [0.2, 0.25) is 0 Å². The van der Waals surface area contributed by atoms with Gasteiger partial charge in [0.1, 0.15) is 18.1 Å². The highest BCUT2D eigenvalue weighted by molar-refractivity contribution is 8.18. The second kappa shape index (κ2) is 10.4. The maximum absolute atomic E-state index is 12.8. The summed E-state index contributed by atoms with van der Waals surface area (Å²) in [5.41, 5.74) is 0.852. The molecular formula is C26H25NO4S. The molecule has 6 heteroatoms. The molecule has 2 amide bonds. The molecule has 164 valence electrons. The number of hydrogen-bond acceptors (Lipinski definition) is 5. The molecule has 0 atom stereocenters. The van der Waals surface area contributed by atoms with Gasteiger partial charge in [0, 0.05) is 5.39 Å². The number of carbonyl (C=O) groups excluding carboxylic acids is 2. The Bertz CT molecular complexity index is 1130. The van der Waals surface area contributed by atoms with E-state index < -0.39 is 0 Å². The standard InChI is InChI=1S/C26H25NO4S/c1-2-3-16-30-21-13-11-19(12-14-21)18-24-25(28)27(26(29)32-24)15-17-31-23-10-6-8-20-7-4-5-9-22(20)23/h4-14,18H,2-3,15-17H2,1H3/b24-18-. The summed E-state index contributed by atoms with van der Waals surface area (Å²) in [5, 5.41) is 1.81. The third-order valence-electron chi connectivity index (χ3n) is 5.14. The van der Waals surface area contributed by atoms with Gasteiger partial charge in [-0.05, 0) is 53.4 Å². The van der Waals surface area contributed by atoms with E-state index in [2.05, 4.69) is 6.92 Å². The predicted molar refractivity (Wildman–Crippen MR) is 129 cm³/mol. The third-order valence-corrected chi connectivity index (χ3v) is 6.05. The number of imide groups is 1. The predicted octanol–water partition coefficient (Wildman–Crippen LogP) is 6.13. The van der Waals surface area contributed by atoms with Crippen molar-refractivity contribution in [1.29, 1.82) is 0 Å². The molecule has 1 heterocycles. The fraction of sp³-hybridized carbons (Fsp3) is 0.231. The number of thioether (sulfide) groups is 1. The first-order valence-electron chi connectivity index (χ1n) is 10.7. The van der Waals surface area contributed by atoms with Gasteiger partial charge < -0.3 is 9.47 Å². The molecule has 0 aliphatic carbocycles. The first kappa shape index (κ1) is 22.0. The second-order valence-electron chi connectivity index (χ2n) is 7.43. The van der Waals surface area contributed by atoms with Gasteiger partial charge in [-0.15, -0.1) is 0 Å². The smallest absolute Gasteiger partial charge is 0.293 e. The number of rotatable bonds is 9. The minimum Gasteiger partial charge on any atom is -0.494 e. The summed E-state index contributed by atoms with van der Waals surface area (Å²) in [4.78, 5) is 26.8. The van der Waals surface area contributed by atoms with Gasteiger partial charge in [-0.2, -0.15) is 0 Å². The van der Waals surface area contributed by atoms with Crippen molar-refractivity contribution in [3.05, 3.63) is 77.2 Å². The fourth-order valence-electron chi connectivity index (χ4n) is 3.41. The van der Waals surface area contributed by atoms with E-state index in [-0.39, 0.29) is 24.3 Å². The lowest BCUT2D eigenvalue weighted by Crippen LogP contribution is -2.32. The van der Waals surface area contributed by atoms with Crippen molar-refractivity contribution in [3.63, 3.8) is 0 Å². The molecule has 5 nitrogen and oxygen atoms in total. The number of carbonyl (C=O) groups is 2. The maximum atomic E-state index is 12.8. The molecule has 0 unspecified atom stereocenters. The van der Waals surface area contributed by atoms with Crippen LogP contribution >= 0.6 is 11.8 Å². The van der Waals surface area contributed by atoms with E-state index >= 15 is 0 Å². The molecule has 0 N–H and O–H groups in total. The molecule has 0 aromatic heterocycles. The molecule has 32 heavy (non-hydrogen) atoms. The van der Waals surface area contributed by atoms with Crippen LogP contribution < -0.4 is 9.47 Å². The molecule has 0 bridgehead atoms. The number of nitrogens with zero attached hydrogens (tertiary/aromatic N) is 1. The molecular weight excluding hydrogens is 422 g/mol. The number of ether oxygens (including phenoxy) is 2. The van der Waals surface area contributed by atoms with E-state index in [9.17, 15) is 9.59 Å². The maximum Gasteiger partial charge on any atom is 0.293 e. The molecule has 1 aliphatic rings. The average Bonchev–Trinajstić information content (AvgIpc) is 3.08. The zero-order valence-corrected chi connectivity index (χ0v) is 18.8. The quantitative estimate of drug-likeness (QED) is 0.292. The number of benzene rings is 3. The number of amides is 2. The Morgan fingerprint density at radius 3 is 2.50 bits per heavy atom. The largest absolute Gasteiger partial charge is 0.494 e. The summed E-state index contributed by atoms with van der Waals surface area (Å²) in [7, 11) is 0. The molecule has 0 radical (unpaired) electrons. The van der Waals surface area contributed by atoms with E-state index in [1.54, 1.807) is 6.08 Å². The van der Waals surface area contributed by atoms with Gasteiger partial charge in [0.05, 0.1) is 18.1 Å². The summed E-state index contributed by atoms with van der Waals surface area (Å²) in [6.07, 6.45) is 3.84. The highest BCUT2D eigenvalue weighted by Gasteiger charge is 2.34. The van der Waals surface area contributed by atoms with Gasteiger partial charge in [-0.25, -0.2) is 0 Å². The third kappa shape index (κ3) is 5.14. The van der Waals surface area contributed by atoms with Crippen molar-refractivity contribution in [1.82, 2.24) is 4.90 Å². The lowest BCUT2D eigenvalue weighted by Gasteiger charge is -2.14. The van der Waals surface area contributed by atoms with Gasteiger partial charge in [0.15, 0.2) is 0 Å². The Labute approximate surface area is 192 Å². The van der Waals surface area contributed by atoms with Crippen molar-refractivity contribution in [3.8, 4) is 11.5 Å². The molecule has 1 fully saturated rings. The number of unbranched alkanes of at least 4 members (excludes halogenated alkanes) is 1. The summed E-state index contributed by atoms with van der Waals surface area (Å²) in [6, 6.07) is 21.3. The number of fused-ring (bicyclic) bond motifs is 1. The first-order chi connectivity index (χ1) is 15.7. The van der Waals surface area contributed by atoms with Crippen LogP contribution in [0.2, 0.25) is 0 Å². The summed E-state index contributed by atoms with van der Waals surface area (Å²) in [5.74, 6) is 1.26. The van der Waals surface area contributed by atoms with Crippen LogP contribution in [0, 0.1) is 0 Å². The van der Waals surface area contributed by atoms with E-state index in [0.717, 1.165) is 52.4 Å². The van der Waals surface area contributed by atoms with Crippen molar-refractivity contribution in [2.45, 2.75) is 19.8 Å². The fourth-order valence-corrected chi connectivity index (χ4v) is 4.27. The highest BCUT2D eigenvalue weighted by atomic mass is 32.2. The van der Waals surface area contributed by atoms with Crippen molar-refractivity contribution in [2.24, 2.45) is 0 Å². The first-order valence-corrected chi connectivity index (χ1v) is 11.6. The Morgan fingerprint density at radius 2 is 1.69 bits per heavy atom. The summed E-state index contributed by atoms with van der Waals surface area (Å²) < 4.78 is 11.6. The molecule has 1 saturated heterocycles. The molecule has 4 rings (SSSR count). The minimum absolute atomic E-state index is 0.204. The van der Waals surface area contributed by atoms with E-state index in [0.29, 0.717) is 11.5 Å². The summed E-state index contributed by atoms with van der Waals surface area (Å²) in [6.45, 7) is 3.25.